The maximum absolute atomic E-state index is 11.7. The number of nitrogens with one attached hydrogen (secondary N) is 3. The number of rotatable bonds is 9. The lowest BCUT2D eigenvalue weighted by atomic mass is 10.0. The monoisotopic (exact) mass is 327 g/mol. The number of fused-ring (bicyclic) bond motifs is 1. The number of unbranched alkanes of at least 4 members (excludes halogenated alkanes) is 1. The molecule has 0 aliphatic carbocycles. The fraction of sp³-hybridized carbons (Fsp3) is 0.875. The molecular weight excluding hydrogens is 298 g/mol. The summed E-state index contributed by atoms with van der Waals surface area (Å²) in [5, 5.41) is 9.46. The Morgan fingerprint density at radius 3 is 2.91 bits per heavy atom. The predicted octanol–water partition coefficient (Wildman–Crippen LogP) is 2.26. The molecule has 3 N–H and O–H groups in total. The van der Waals surface area contributed by atoms with E-state index in [1.54, 1.807) is 0 Å². The van der Waals surface area contributed by atoms with Gasteiger partial charge in [-0.2, -0.15) is 11.8 Å². The van der Waals surface area contributed by atoms with E-state index in [9.17, 15) is 9.59 Å². The van der Waals surface area contributed by atoms with Gasteiger partial charge in [0.15, 0.2) is 0 Å². The van der Waals surface area contributed by atoms with Crippen molar-refractivity contribution in [3.63, 3.8) is 0 Å². The first-order chi connectivity index (χ1) is 10.6. The van der Waals surface area contributed by atoms with Gasteiger partial charge in [-0.1, -0.05) is 20.3 Å². The van der Waals surface area contributed by atoms with Gasteiger partial charge < -0.3 is 16.0 Å². The van der Waals surface area contributed by atoms with Crippen molar-refractivity contribution in [3.8, 4) is 0 Å². The molecule has 6 heteroatoms. The fourth-order valence-electron chi connectivity index (χ4n) is 3.10. The van der Waals surface area contributed by atoms with Gasteiger partial charge >= 0.3 is 6.03 Å². The third kappa shape index (κ3) is 5.38. The lowest BCUT2D eigenvalue weighted by molar-refractivity contribution is -0.121. The zero-order valence-corrected chi connectivity index (χ0v) is 14.5. The molecule has 0 bridgehead atoms. The van der Waals surface area contributed by atoms with E-state index in [0.717, 1.165) is 38.0 Å². The summed E-state index contributed by atoms with van der Waals surface area (Å²) in [6, 6.07) is 0.551. The van der Waals surface area contributed by atoms with E-state index in [-0.39, 0.29) is 18.0 Å². The minimum absolute atomic E-state index is 0.0268. The molecule has 0 saturated carbocycles. The average Bonchev–Trinajstić information content (AvgIpc) is 2.99. The quantitative estimate of drug-likeness (QED) is 0.449. The van der Waals surface area contributed by atoms with Gasteiger partial charge in [0.2, 0.25) is 5.91 Å². The SMILES string of the molecule is CC(C)CCCNC(=O)CCCC[C@@H]1SCC2NC(=O)N[C@@H]21. The van der Waals surface area contributed by atoms with E-state index >= 15 is 0 Å². The van der Waals surface area contributed by atoms with Crippen molar-refractivity contribution in [1.29, 1.82) is 0 Å². The van der Waals surface area contributed by atoms with Gasteiger partial charge in [-0.3, -0.25) is 4.79 Å². The van der Waals surface area contributed by atoms with E-state index in [4.69, 9.17) is 0 Å². The Morgan fingerprint density at radius 2 is 2.14 bits per heavy atom. The molecule has 2 rings (SSSR count). The van der Waals surface area contributed by atoms with Crippen LogP contribution in [0, 0.1) is 5.92 Å². The van der Waals surface area contributed by atoms with Gasteiger partial charge in [-0.15, -0.1) is 0 Å². The van der Waals surface area contributed by atoms with Crippen LogP contribution in [-0.2, 0) is 4.79 Å². The lowest BCUT2D eigenvalue weighted by Gasteiger charge is -2.16. The zero-order valence-electron chi connectivity index (χ0n) is 13.7. The Labute approximate surface area is 137 Å². The van der Waals surface area contributed by atoms with Crippen LogP contribution in [0.3, 0.4) is 0 Å². The summed E-state index contributed by atoms with van der Waals surface area (Å²) in [5.41, 5.74) is 0. The van der Waals surface area contributed by atoms with Gasteiger partial charge in [0.1, 0.15) is 0 Å². The highest BCUT2D eigenvalue weighted by atomic mass is 32.2. The van der Waals surface area contributed by atoms with Gasteiger partial charge in [0, 0.05) is 24.0 Å². The second-order valence-electron chi connectivity index (χ2n) is 6.75. The molecule has 2 aliphatic heterocycles. The molecule has 0 aromatic heterocycles. The van der Waals surface area contributed by atoms with Crippen molar-refractivity contribution in [2.75, 3.05) is 12.3 Å². The average molecular weight is 327 g/mol. The normalized spacial score (nSPS) is 26.7. The van der Waals surface area contributed by atoms with Crippen LogP contribution in [0.1, 0.15) is 52.4 Å². The van der Waals surface area contributed by atoms with E-state index < -0.39 is 0 Å². The number of amides is 3. The van der Waals surface area contributed by atoms with Crippen LogP contribution in [-0.4, -0.2) is 41.6 Å². The summed E-state index contributed by atoms with van der Waals surface area (Å²) in [6.07, 6.45) is 5.92. The number of carbonyl (C=O) groups excluding carboxylic acids is 2. The van der Waals surface area contributed by atoms with E-state index in [0.29, 0.717) is 23.6 Å². The van der Waals surface area contributed by atoms with Crippen molar-refractivity contribution in [3.05, 3.63) is 0 Å². The Hall–Kier alpha value is -0.910. The summed E-state index contributed by atoms with van der Waals surface area (Å²) in [7, 11) is 0. The summed E-state index contributed by atoms with van der Waals surface area (Å²) < 4.78 is 0. The van der Waals surface area contributed by atoms with Crippen molar-refractivity contribution in [2.45, 2.75) is 69.7 Å². The van der Waals surface area contributed by atoms with Gasteiger partial charge in [0.05, 0.1) is 12.1 Å². The highest BCUT2D eigenvalue weighted by molar-refractivity contribution is 8.00. The highest BCUT2D eigenvalue weighted by Crippen LogP contribution is 2.33. The molecule has 3 amide bonds. The molecule has 2 heterocycles. The first-order valence-electron chi connectivity index (χ1n) is 8.51. The van der Waals surface area contributed by atoms with Crippen LogP contribution >= 0.6 is 11.8 Å². The molecule has 0 aromatic rings. The Bertz CT molecular complexity index is 390. The van der Waals surface area contributed by atoms with Crippen molar-refractivity contribution in [2.24, 2.45) is 5.92 Å². The van der Waals surface area contributed by atoms with Gasteiger partial charge in [-0.05, 0) is 31.6 Å². The number of thioether (sulfide) groups is 1. The van der Waals surface area contributed by atoms with Crippen LogP contribution in [0.15, 0.2) is 0 Å². The summed E-state index contributed by atoms with van der Waals surface area (Å²) in [6.45, 7) is 5.21. The molecule has 2 aliphatic rings. The van der Waals surface area contributed by atoms with E-state index in [1.807, 2.05) is 11.8 Å². The third-order valence-corrected chi connectivity index (χ3v) is 5.87. The third-order valence-electron chi connectivity index (χ3n) is 4.36. The van der Waals surface area contributed by atoms with Gasteiger partial charge in [0.25, 0.3) is 0 Å². The first kappa shape index (κ1) is 17.4. The predicted molar refractivity (Wildman–Crippen MR) is 91.0 cm³/mol. The second kappa shape index (κ2) is 8.65. The molecule has 2 fully saturated rings. The van der Waals surface area contributed by atoms with Crippen molar-refractivity contribution < 1.29 is 9.59 Å². The van der Waals surface area contributed by atoms with Crippen LogP contribution in [0.5, 0.6) is 0 Å². The standard InChI is InChI=1S/C16H29N3O2S/c1-11(2)6-5-9-17-14(20)8-4-3-7-13-15-12(10-22-13)18-16(21)19-15/h11-13,15H,3-10H2,1-2H3,(H,17,20)(H2,18,19,21)/t12?,13-,15-/m0/s1. The number of hydrogen-bond acceptors (Lipinski definition) is 3. The molecule has 22 heavy (non-hydrogen) atoms. The van der Waals surface area contributed by atoms with E-state index in [2.05, 4.69) is 29.8 Å². The molecule has 5 nitrogen and oxygen atoms in total. The molecule has 3 atom stereocenters. The molecule has 0 spiro atoms. The van der Waals surface area contributed by atoms with Crippen molar-refractivity contribution >= 4 is 23.7 Å². The van der Waals surface area contributed by atoms with Crippen molar-refractivity contribution in [1.82, 2.24) is 16.0 Å². The molecule has 0 aromatic carbocycles. The number of hydrogen-bond donors (Lipinski definition) is 3. The molecular formula is C16H29N3O2S. The second-order valence-corrected chi connectivity index (χ2v) is 8.03. The zero-order chi connectivity index (χ0) is 15.9. The molecule has 0 radical (unpaired) electrons. The number of carbonyl (C=O) groups is 2. The minimum atomic E-state index is -0.0268. The number of urea groups is 1. The van der Waals surface area contributed by atoms with E-state index in [1.165, 1.54) is 6.42 Å². The van der Waals surface area contributed by atoms with Crippen LogP contribution in [0.4, 0.5) is 4.79 Å². The first-order valence-corrected chi connectivity index (χ1v) is 9.56. The van der Waals surface area contributed by atoms with Gasteiger partial charge in [-0.25, -0.2) is 4.79 Å². The minimum Gasteiger partial charge on any atom is -0.356 e. The highest BCUT2D eigenvalue weighted by Gasteiger charge is 2.42. The summed E-state index contributed by atoms with van der Waals surface area (Å²) in [5.74, 6) is 1.89. The fourth-order valence-corrected chi connectivity index (χ4v) is 4.64. The summed E-state index contributed by atoms with van der Waals surface area (Å²) >= 11 is 1.94. The smallest absolute Gasteiger partial charge is 0.315 e. The topological polar surface area (TPSA) is 70.2 Å². The van der Waals surface area contributed by atoms with Crippen LogP contribution < -0.4 is 16.0 Å². The molecule has 1 unspecified atom stereocenters. The summed E-state index contributed by atoms with van der Waals surface area (Å²) in [4.78, 5) is 23.0. The van der Waals surface area contributed by atoms with Crippen LogP contribution in [0.25, 0.3) is 0 Å². The Kier molecular flexibility index (Phi) is 6.86. The molecule has 2 saturated heterocycles. The lowest BCUT2D eigenvalue weighted by Crippen LogP contribution is -2.36. The Balaban J connectivity index is 1.50. The molecule has 126 valence electrons. The maximum Gasteiger partial charge on any atom is 0.315 e. The largest absolute Gasteiger partial charge is 0.356 e. The van der Waals surface area contributed by atoms with Crippen LogP contribution in [0.2, 0.25) is 0 Å². The maximum atomic E-state index is 11.7. The Morgan fingerprint density at radius 1 is 1.32 bits per heavy atom.